The van der Waals surface area contributed by atoms with E-state index in [0.717, 1.165) is 5.56 Å². The fourth-order valence-electron chi connectivity index (χ4n) is 2.98. The van der Waals surface area contributed by atoms with Crippen molar-refractivity contribution in [3.8, 4) is 0 Å². The molecule has 1 fully saturated rings. The molecule has 3 N–H and O–H groups in total. The van der Waals surface area contributed by atoms with Gasteiger partial charge in [0, 0.05) is 4.47 Å². The maximum absolute atomic E-state index is 12.4. The lowest BCUT2D eigenvalue weighted by atomic mass is 9.91. The number of aryl methyl sites for hydroxylation is 1. The zero-order valence-corrected chi connectivity index (χ0v) is 18.4. The number of ether oxygens (including phenoxy) is 1. The van der Waals surface area contributed by atoms with Crippen LogP contribution in [0.2, 0.25) is 5.02 Å². The Kier molecular flexibility index (Phi) is 7.02. The van der Waals surface area contributed by atoms with Crippen LogP contribution in [0.3, 0.4) is 0 Å². The molecule has 2 aromatic carbocycles. The van der Waals surface area contributed by atoms with Gasteiger partial charge in [0.2, 0.25) is 0 Å². The molecule has 0 spiro atoms. The van der Waals surface area contributed by atoms with E-state index in [1.54, 1.807) is 30.3 Å². The number of hydrogen-bond acceptors (Lipinski definition) is 7. The van der Waals surface area contributed by atoms with E-state index in [1.807, 2.05) is 6.92 Å². The van der Waals surface area contributed by atoms with Gasteiger partial charge < -0.3 is 20.1 Å². The van der Waals surface area contributed by atoms with Gasteiger partial charge in [-0.2, -0.15) is 8.42 Å². The van der Waals surface area contributed by atoms with Crippen LogP contribution in [0, 0.1) is 6.92 Å². The van der Waals surface area contributed by atoms with Gasteiger partial charge in [-0.15, -0.1) is 0 Å². The van der Waals surface area contributed by atoms with Crippen LogP contribution in [0.5, 0.6) is 0 Å². The third kappa shape index (κ3) is 5.00. The molecular formula is C19H20BrClO7S. The molecule has 1 saturated heterocycles. The molecule has 0 aliphatic carbocycles. The molecule has 1 aliphatic rings. The maximum atomic E-state index is 12.4. The third-order valence-electron chi connectivity index (χ3n) is 4.68. The summed E-state index contributed by atoms with van der Waals surface area (Å²) in [6.07, 6.45) is -6.72. The zero-order chi connectivity index (χ0) is 21.3. The first-order valence-corrected chi connectivity index (χ1v) is 11.3. The lowest BCUT2D eigenvalue weighted by Gasteiger charge is -2.40. The van der Waals surface area contributed by atoms with Gasteiger partial charge in [0.1, 0.15) is 30.5 Å². The molecule has 1 heterocycles. The summed E-state index contributed by atoms with van der Waals surface area (Å²) in [6, 6.07) is 10.9. The molecule has 10 heteroatoms. The number of aliphatic hydroxyl groups excluding tert-OH is 3. The molecule has 29 heavy (non-hydrogen) atoms. The van der Waals surface area contributed by atoms with Crippen molar-refractivity contribution >= 4 is 37.6 Å². The second-order valence-corrected chi connectivity index (χ2v) is 9.67. The molecule has 0 saturated carbocycles. The fourth-order valence-corrected chi connectivity index (χ4v) is 4.42. The van der Waals surface area contributed by atoms with Crippen LogP contribution in [0.1, 0.15) is 17.2 Å². The minimum absolute atomic E-state index is 0.0350. The normalized spacial score (nSPS) is 27.7. The monoisotopic (exact) mass is 506 g/mol. The Morgan fingerprint density at radius 3 is 2.34 bits per heavy atom. The summed E-state index contributed by atoms with van der Waals surface area (Å²) in [5.74, 6) is 0. The summed E-state index contributed by atoms with van der Waals surface area (Å²) in [7, 11) is -4.09. The minimum atomic E-state index is -4.09. The standard InChI is InChI=1S/C19H20BrClO7S/c1-10-2-5-12(6-3-10)29(25,26)27-9-15-16(22)17(23)18(24)19(28-15)11-4-7-14(21)13(20)8-11/h2-8,15-19,22-24H,9H2,1H3/t15-,16-,17+,18-,19+/m1/s1. The van der Waals surface area contributed by atoms with Crippen molar-refractivity contribution in [3.05, 3.63) is 63.1 Å². The summed E-state index contributed by atoms with van der Waals surface area (Å²) in [5, 5.41) is 31.2. The Morgan fingerprint density at radius 1 is 1.07 bits per heavy atom. The van der Waals surface area contributed by atoms with Crippen molar-refractivity contribution in [2.75, 3.05) is 6.61 Å². The van der Waals surface area contributed by atoms with Crippen molar-refractivity contribution in [1.82, 2.24) is 0 Å². The first kappa shape index (κ1) is 22.6. The molecule has 0 unspecified atom stereocenters. The SMILES string of the molecule is Cc1ccc(S(=O)(=O)OC[C@H]2O[C@@H](c3ccc(Cl)c(Br)c3)[C@H](O)[C@@H](O)[C@@H]2O)cc1. The molecule has 5 atom stereocenters. The van der Waals surface area contributed by atoms with Crippen LogP contribution in [0.15, 0.2) is 51.8 Å². The van der Waals surface area contributed by atoms with E-state index in [2.05, 4.69) is 15.9 Å². The largest absolute Gasteiger partial charge is 0.387 e. The molecular weight excluding hydrogens is 488 g/mol. The van der Waals surface area contributed by atoms with Gasteiger partial charge in [-0.1, -0.05) is 35.4 Å². The van der Waals surface area contributed by atoms with Gasteiger partial charge in [0.15, 0.2) is 0 Å². The van der Waals surface area contributed by atoms with Crippen molar-refractivity contribution in [2.24, 2.45) is 0 Å². The summed E-state index contributed by atoms with van der Waals surface area (Å²) < 4.78 is 36.1. The molecule has 7 nitrogen and oxygen atoms in total. The van der Waals surface area contributed by atoms with E-state index < -0.39 is 47.2 Å². The molecule has 0 aromatic heterocycles. The number of hydrogen-bond donors (Lipinski definition) is 3. The Morgan fingerprint density at radius 2 is 1.72 bits per heavy atom. The van der Waals surface area contributed by atoms with Crippen LogP contribution in [-0.4, -0.2) is 54.8 Å². The van der Waals surface area contributed by atoms with E-state index in [9.17, 15) is 23.7 Å². The van der Waals surface area contributed by atoms with Gasteiger partial charge in [0.05, 0.1) is 16.5 Å². The van der Waals surface area contributed by atoms with Crippen LogP contribution in [0.25, 0.3) is 0 Å². The van der Waals surface area contributed by atoms with E-state index in [1.165, 1.54) is 12.1 Å². The summed E-state index contributed by atoms with van der Waals surface area (Å²) >= 11 is 9.26. The van der Waals surface area contributed by atoms with E-state index in [0.29, 0.717) is 15.1 Å². The minimum Gasteiger partial charge on any atom is -0.387 e. The lowest BCUT2D eigenvalue weighted by Crippen LogP contribution is -2.55. The Bertz CT molecular complexity index is 967. The number of benzene rings is 2. The predicted octanol–water partition coefficient (Wildman–Crippen LogP) is 2.34. The molecule has 3 rings (SSSR count). The first-order valence-electron chi connectivity index (χ1n) is 8.71. The van der Waals surface area contributed by atoms with Crippen LogP contribution in [0.4, 0.5) is 0 Å². The van der Waals surface area contributed by atoms with Crippen molar-refractivity contribution in [2.45, 2.75) is 42.3 Å². The second kappa shape index (κ2) is 8.99. The van der Waals surface area contributed by atoms with Gasteiger partial charge in [-0.05, 0) is 52.7 Å². The third-order valence-corrected chi connectivity index (χ3v) is 7.19. The van der Waals surface area contributed by atoms with Gasteiger partial charge in [-0.3, -0.25) is 4.18 Å². The first-order chi connectivity index (χ1) is 13.6. The highest BCUT2D eigenvalue weighted by atomic mass is 79.9. The molecule has 1 aliphatic heterocycles. The van der Waals surface area contributed by atoms with Crippen LogP contribution in [-0.2, 0) is 19.0 Å². The average Bonchev–Trinajstić information content (AvgIpc) is 2.68. The van der Waals surface area contributed by atoms with E-state index in [-0.39, 0.29) is 4.90 Å². The zero-order valence-electron chi connectivity index (χ0n) is 15.3. The smallest absolute Gasteiger partial charge is 0.297 e. The van der Waals surface area contributed by atoms with Crippen molar-refractivity contribution in [1.29, 1.82) is 0 Å². The summed E-state index contributed by atoms with van der Waals surface area (Å²) in [5.41, 5.74) is 1.38. The Balaban J connectivity index is 1.77. The molecule has 0 radical (unpaired) electrons. The second-order valence-electron chi connectivity index (χ2n) is 6.79. The number of aliphatic hydroxyl groups is 3. The predicted molar refractivity (Wildman–Crippen MR) is 109 cm³/mol. The molecule has 158 valence electrons. The molecule has 0 amide bonds. The van der Waals surface area contributed by atoms with Gasteiger partial charge >= 0.3 is 0 Å². The van der Waals surface area contributed by atoms with Crippen LogP contribution < -0.4 is 0 Å². The van der Waals surface area contributed by atoms with Crippen molar-refractivity contribution in [3.63, 3.8) is 0 Å². The highest BCUT2D eigenvalue weighted by molar-refractivity contribution is 9.10. The van der Waals surface area contributed by atoms with Gasteiger partial charge in [0.25, 0.3) is 10.1 Å². The van der Waals surface area contributed by atoms with Gasteiger partial charge in [-0.25, -0.2) is 0 Å². The lowest BCUT2D eigenvalue weighted by molar-refractivity contribution is -0.229. The van der Waals surface area contributed by atoms with E-state index >= 15 is 0 Å². The Labute approximate surface area is 182 Å². The van der Waals surface area contributed by atoms with E-state index in [4.69, 9.17) is 20.5 Å². The summed E-state index contributed by atoms with van der Waals surface area (Å²) in [4.78, 5) is -0.0350. The molecule has 0 bridgehead atoms. The fraction of sp³-hybridized carbons (Fsp3) is 0.368. The summed E-state index contributed by atoms with van der Waals surface area (Å²) in [6.45, 7) is 1.29. The maximum Gasteiger partial charge on any atom is 0.297 e. The quantitative estimate of drug-likeness (QED) is 0.532. The Hall–Kier alpha value is -1.04. The molecule has 2 aromatic rings. The number of halogens is 2. The highest BCUT2D eigenvalue weighted by Gasteiger charge is 2.44. The average molecular weight is 508 g/mol. The topological polar surface area (TPSA) is 113 Å². The highest BCUT2D eigenvalue weighted by Crippen LogP contribution is 2.35. The van der Waals surface area contributed by atoms with Crippen LogP contribution >= 0.6 is 27.5 Å². The van der Waals surface area contributed by atoms with Crippen molar-refractivity contribution < 1.29 is 32.7 Å². The number of rotatable bonds is 5.